The van der Waals surface area contributed by atoms with Crippen LogP contribution in [-0.4, -0.2) is 25.0 Å². The molecule has 0 aliphatic rings. The minimum atomic E-state index is 0.0724. The van der Waals surface area contributed by atoms with Crippen LogP contribution in [0.4, 0.5) is 11.8 Å². The van der Waals surface area contributed by atoms with Crippen molar-refractivity contribution in [3.05, 3.63) is 29.3 Å². The Morgan fingerprint density at radius 2 is 1.72 bits per heavy atom. The van der Waals surface area contributed by atoms with Crippen LogP contribution < -0.4 is 11.5 Å². The number of hydrogen-bond donors (Lipinski definition) is 2. The molecule has 2 aromatic heterocycles. The smallest absolute Gasteiger partial charge is 0.224 e. The Morgan fingerprint density at radius 1 is 1.00 bits per heavy atom. The lowest BCUT2D eigenvalue weighted by Crippen LogP contribution is -1.99. The van der Waals surface area contributed by atoms with Crippen molar-refractivity contribution in [3.63, 3.8) is 0 Å². The zero-order chi connectivity index (χ0) is 12.7. The van der Waals surface area contributed by atoms with Gasteiger partial charge in [-0.3, -0.25) is 0 Å². The summed E-state index contributed by atoms with van der Waals surface area (Å²) in [4.78, 5) is 9.20. The molecule has 1 aromatic carbocycles. The SMILES string of the molecule is Nc1nc(N)c2nn(-c3ccc(Cl)cc3)nc2n1. The normalized spacial score (nSPS) is 10.9. The number of benzene rings is 1. The van der Waals surface area contributed by atoms with E-state index in [1.807, 2.05) is 0 Å². The molecule has 3 rings (SSSR count). The fraction of sp³-hybridized carbons (Fsp3) is 0. The van der Waals surface area contributed by atoms with Crippen molar-refractivity contribution in [2.24, 2.45) is 0 Å². The summed E-state index contributed by atoms with van der Waals surface area (Å²) in [6.45, 7) is 0. The molecule has 0 bridgehead atoms. The Kier molecular flexibility index (Phi) is 2.27. The summed E-state index contributed by atoms with van der Waals surface area (Å²) in [5, 5.41) is 9.03. The number of nitrogens with two attached hydrogens (primary N) is 2. The van der Waals surface area contributed by atoms with E-state index in [2.05, 4.69) is 20.2 Å². The summed E-state index contributed by atoms with van der Waals surface area (Å²) in [5.74, 6) is 0.279. The zero-order valence-electron chi connectivity index (χ0n) is 9.08. The van der Waals surface area contributed by atoms with Gasteiger partial charge in [-0.2, -0.15) is 9.97 Å². The topological polar surface area (TPSA) is 109 Å². The van der Waals surface area contributed by atoms with Crippen LogP contribution in [0.1, 0.15) is 0 Å². The molecule has 3 aromatic rings. The first-order valence-electron chi connectivity index (χ1n) is 5.05. The number of fused-ring (bicyclic) bond motifs is 1. The van der Waals surface area contributed by atoms with Crippen molar-refractivity contribution in [2.75, 3.05) is 11.5 Å². The van der Waals surface area contributed by atoms with E-state index in [0.717, 1.165) is 5.69 Å². The summed E-state index contributed by atoms with van der Waals surface area (Å²) >= 11 is 5.81. The van der Waals surface area contributed by atoms with Gasteiger partial charge >= 0.3 is 0 Å². The van der Waals surface area contributed by atoms with E-state index in [9.17, 15) is 0 Å². The van der Waals surface area contributed by atoms with E-state index in [1.165, 1.54) is 4.80 Å². The van der Waals surface area contributed by atoms with Gasteiger partial charge in [0.2, 0.25) is 11.6 Å². The van der Waals surface area contributed by atoms with Gasteiger partial charge in [-0.05, 0) is 24.3 Å². The number of nitrogens with zero attached hydrogens (tertiary/aromatic N) is 5. The Bertz CT molecular complexity index is 719. The highest BCUT2D eigenvalue weighted by Gasteiger charge is 2.10. The number of halogens is 1. The average molecular weight is 262 g/mol. The first-order chi connectivity index (χ1) is 8.63. The molecule has 0 aliphatic carbocycles. The second-order valence-electron chi connectivity index (χ2n) is 3.61. The molecule has 7 nitrogen and oxygen atoms in total. The van der Waals surface area contributed by atoms with E-state index < -0.39 is 0 Å². The molecule has 0 spiro atoms. The molecule has 90 valence electrons. The molecule has 0 saturated heterocycles. The largest absolute Gasteiger partial charge is 0.382 e. The van der Waals surface area contributed by atoms with Crippen molar-refractivity contribution >= 4 is 34.5 Å². The number of anilines is 2. The molecule has 0 radical (unpaired) electrons. The van der Waals surface area contributed by atoms with Crippen molar-refractivity contribution in [1.82, 2.24) is 25.0 Å². The molecular formula is C10H8ClN7. The van der Waals surface area contributed by atoms with E-state index >= 15 is 0 Å². The lowest BCUT2D eigenvalue weighted by Gasteiger charge is -1.97. The van der Waals surface area contributed by atoms with Gasteiger partial charge in [0.15, 0.2) is 11.3 Å². The third-order valence-electron chi connectivity index (χ3n) is 2.35. The first-order valence-corrected chi connectivity index (χ1v) is 5.43. The molecule has 0 atom stereocenters. The van der Waals surface area contributed by atoms with Gasteiger partial charge in [-0.1, -0.05) is 11.6 Å². The predicted molar refractivity (Wildman–Crippen MR) is 68.3 cm³/mol. The van der Waals surface area contributed by atoms with Crippen molar-refractivity contribution in [1.29, 1.82) is 0 Å². The van der Waals surface area contributed by atoms with Crippen molar-refractivity contribution < 1.29 is 0 Å². The number of hydrogen-bond acceptors (Lipinski definition) is 6. The van der Waals surface area contributed by atoms with Gasteiger partial charge < -0.3 is 11.5 Å². The van der Waals surface area contributed by atoms with Gasteiger partial charge in [0, 0.05) is 5.02 Å². The van der Waals surface area contributed by atoms with Crippen LogP contribution in [0.5, 0.6) is 0 Å². The molecule has 2 heterocycles. The number of nitrogen functional groups attached to an aromatic ring is 2. The third-order valence-corrected chi connectivity index (χ3v) is 2.60. The number of rotatable bonds is 1. The summed E-state index contributed by atoms with van der Waals surface area (Å²) < 4.78 is 0. The molecule has 4 N–H and O–H groups in total. The Labute approximate surface area is 106 Å². The van der Waals surface area contributed by atoms with Gasteiger partial charge in [0.05, 0.1) is 5.69 Å². The summed E-state index contributed by atoms with van der Waals surface area (Å²) in [7, 11) is 0. The van der Waals surface area contributed by atoms with E-state index in [-0.39, 0.29) is 11.8 Å². The second-order valence-corrected chi connectivity index (χ2v) is 4.04. The van der Waals surface area contributed by atoms with Gasteiger partial charge in [0.25, 0.3) is 0 Å². The standard InChI is InChI=1S/C10H8ClN7/c11-5-1-3-6(4-2-5)18-16-7-8(12)14-10(13)15-9(7)17-18/h1-4H,(H4,12,13,14,15,17). The molecule has 0 unspecified atom stereocenters. The fourth-order valence-corrected chi connectivity index (χ4v) is 1.67. The van der Waals surface area contributed by atoms with Gasteiger partial charge in [-0.25, -0.2) is 0 Å². The zero-order valence-corrected chi connectivity index (χ0v) is 9.83. The van der Waals surface area contributed by atoms with E-state index in [1.54, 1.807) is 24.3 Å². The van der Waals surface area contributed by atoms with Crippen LogP contribution in [0.15, 0.2) is 24.3 Å². The minimum Gasteiger partial charge on any atom is -0.382 e. The molecule has 8 heteroatoms. The molecule has 18 heavy (non-hydrogen) atoms. The highest BCUT2D eigenvalue weighted by Crippen LogP contribution is 2.17. The van der Waals surface area contributed by atoms with Crippen molar-refractivity contribution in [2.45, 2.75) is 0 Å². The van der Waals surface area contributed by atoms with Crippen LogP contribution in [0.3, 0.4) is 0 Å². The Hall–Kier alpha value is -2.41. The molecule has 0 fully saturated rings. The third kappa shape index (κ3) is 1.70. The fourth-order valence-electron chi connectivity index (χ4n) is 1.54. The average Bonchev–Trinajstić information content (AvgIpc) is 2.74. The minimum absolute atomic E-state index is 0.0724. The molecule has 0 aliphatic heterocycles. The van der Waals surface area contributed by atoms with E-state index in [0.29, 0.717) is 16.2 Å². The Balaban J connectivity index is 2.19. The lowest BCUT2D eigenvalue weighted by molar-refractivity contribution is 0.763. The lowest BCUT2D eigenvalue weighted by atomic mass is 10.3. The monoisotopic (exact) mass is 261 g/mol. The van der Waals surface area contributed by atoms with Crippen LogP contribution in [0.25, 0.3) is 16.9 Å². The van der Waals surface area contributed by atoms with Crippen LogP contribution in [-0.2, 0) is 0 Å². The molecule has 0 saturated carbocycles. The van der Waals surface area contributed by atoms with Crippen LogP contribution in [0.2, 0.25) is 5.02 Å². The Morgan fingerprint density at radius 3 is 2.44 bits per heavy atom. The predicted octanol–water partition coefficient (Wildman–Crippen LogP) is 1.03. The highest BCUT2D eigenvalue weighted by atomic mass is 35.5. The highest BCUT2D eigenvalue weighted by molar-refractivity contribution is 6.30. The van der Waals surface area contributed by atoms with Gasteiger partial charge in [0.1, 0.15) is 0 Å². The van der Waals surface area contributed by atoms with Crippen LogP contribution >= 0.6 is 11.6 Å². The van der Waals surface area contributed by atoms with Crippen LogP contribution in [0, 0.1) is 0 Å². The molecular weight excluding hydrogens is 254 g/mol. The maximum absolute atomic E-state index is 5.81. The molecule has 0 amide bonds. The first kappa shape index (κ1) is 10.7. The van der Waals surface area contributed by atoms with Crippen molar-refractivity contribution in [3.8, 4) is 5.69 Å². The quantitative estimate of drug-likeness (QED) is 0.677. The maximum Gasteiger partial charge on any atom is 0.224 e. The summed E-state index contributed by atoms with van der Waals surface area (Å²) in [5.41, 5.74) is 12.7. The second kappa shape index (κ2) is 3.81. The van der Waals surface area contributed by atoms with E-state index in [4.69, 9.17) is 23.1 Å². The maximum atomic E-state index is 5.81. The van der Waals surface area contributed by atoms with Gasteiger partial charge in [-0.15, -0.1) is 15.0 Å². The summed E-state index contributed by atoms with van der Waals surface area (Å²) in [6.07, 6.45) is 0. The summed E-state index contributed by atoms with van der Waals surface area (Å²) in [6, 6.07) is 7.06. The number of aromatic nitrogens is 5.